The predicted octanol–water partition coefficient (Wildman–Crippen LogP) is -5.59. The van der Waals surface area contributed by atoms with Gasteiger partial charge in [-0.05, 0) is 0 Å². The van der Waals surface area contributed by atoms with E-state index in [1.165, 1.54) is 0 Å². The fourth-order valence-corrected chi connectivity index (χ4v) is 0. The van der Waals surface area contributed by atoms with Gasteiger partial charge >= 0.3 is 103 Å². The van der Waals surface area contributed by atoms with Crippen LogP contribution >= 0.6 is 0 Å². The van der Waals surface area contributed by atoms with Gasteiger partial charge in [0.25, 0.3) is 11.9 Å². The Balaban J connectivity index is -0.0000000112. The molecule has 0 saturated heterocycles. The Morgan fingerprint density at radius 2 is 1.00 bits per heavy atom. The fraction of sp³-hybridized carbons (Fsp3) is 0.500. The summed E-state index contributed by atoms with van der Waals surface area (Å²) in [4.78, 5) is 18.0. The molecule has 4 nitrogen and oxygen atoms in total. The maximum absolute atomic E-state index is 9.00. The van der Waals surface area contributed by atoms with Crippen LogP contribution in [0.1, 0.15) is 16.7 Å². The van der Waals surface area contributed by atoms with E-state index in [1.54, 1.807) is 0 Å². The van der Waals surface area contributed by atoms with Crippen LogP contribution < -0.4 is 103 Å². The van der Waals surface area contributed by atoms with E-state index >= 15 is 0 Å². The molecule has 0 aromatic heterocycles. The first-order chi connectivity index (χ1) is 3.46. The number of carbonyl (C=O) groups is 2. The number of hydrogen-bond donors (Lipinski definition) is 2. The molecule has 0 atom stereocenters. The molecule has 0 unspecified atom stereocenters. The van der Waals surface area contributed by atoms with Crippen LogP contribution in [-0.4, -0.2) is 22.2 Å². The second kappa shape index (κ2) is 17.3. The summed E-state index contributed by atoms with van der Waals surface area (Å²) in [6.45, 7) is 2.17. The second-order valence-electron chi connectivity index (χ2n) is 1.04. The minimum Gasteiger partial charge on any atom is -1.00 e. The van der Waals surface area contributed by atoms with Gasteiger partial charge < -0.3 is 13.1 Å². The van der Waals surface area contributed by atoms with E-state index in [1.807, 2.05) is 0 Å². The van der Waals surface area contributed by atoms with Crippen LogP contribution in [0.5, 0.6) is 0 Å². The van der Waals surface area contributed by atoms with E-state index < -0.39 is 11.9 Å². The topological polar surface area (TPSA) is 74.6 Å². The smallest absolute Gasteiger partial charge is 1.00 e. The third kappa shape index (κ3) is 177. The molecule has 0 aromatic carbocycles. The summed E-state index contributed by atoms with van der Waals surface area (Å²) < 4.78 is 0. The van der Waals surface area contributed by atoms with E-state index in [4.69, 9.17) is 19.8 Å². The molecule has 0 rings (SSSR count). The van der Waals surface area contributed by atoms with Crippen LogP contribution in [0.2, 0.25) is 0 Å². The monoisotopic (exact) mass is 200 g/mol. The van der Waals surface area contributed by atoms with Gasteiger partial charge in [-0.15, -0.1) is 0 Å². The molecule has 2 N–H and O–H groups in total. The molecular formula is C4H10K2O4. The fourth-order valence-electron chi connectivity index (χ4n) is 0. The minimum atomic E-state index is -0.833. The van der Waals surface area contributed by atoms with Crippen molar-refractivity contribution in [3.63, 3.8) is 0 Å². The molecule has 6 heteroatoms. The summed E-state index contributed by atoms with van der Waals surface area (Å²) in [6.07, 6.45) is 0. The van der Waals surface area contributed by atoms with Gasteiger partial charge in [0.15, 0.2) is 0 Å². The molecule has 0 fully saturated rings. The third-order valence-electron chi connectivity index (χ3n) is 0. The Hall–Kier alpha value is 2.21. The van der Waals surface area contributed by atoms with Crippen molar-refractivity contribution in [2.24, 2.45) is 0 Å². The molecule has 0 bridgehead atoms. The minimum absolute atomic E-state index is 0. The van der Waals surface area contributed by atoms with Crippen molar-refractivity contribution in [2.45, 2.75) is 13.8 Å². The number of rotatable bonds is 0. The van der Waals surface area contributed by atoms with Crippen LogP contribution in [0.3, 0.4) is 0 Å². The van der Waals surface area contributed by atoms with Crippen LogP contribution in [0.25, 0.3) is 0 Å². The Kier molecular flexibility index (Phi) is 39.5. The first-order valence-corrected chi connectivity index (χ1v) is 1.86. The molecule has 0 radical (unpaired) electrons. The number of hydrogen-bond acceptors (Lipinski definition) is 2. The van der Waals surface area contributed by atoms with Crippen molar-refractivity contribution < 1.29 is 125 Å². The number of carboxylic acids is 2. The van der Waals surface area contributed by atoms with Gasteiger partial charge in [0.2, 0.25) is 0 Å². The van der Waals surface area contributed by atoms with Gasteiger partial charge in [0.05, 0.1) is 0 Å². The van der Waals surface area contributed by atoms with Crippen LogP contribution in [0, 0.1) is 0 Å². The normalized spacial score (nSPS) is 5.00. The molecule has 0 aromatic rings. The SMILES string of the molecule is CC(=O)O.CC(=O)O.[H-].[H-].[K+].[K+]. The summed E-state index contributed by atoms with van der Waals surface area (Å²) >= 11 is 0. The molecule has 0 amide bonds. The molecular weight excluding hydrogens is 190 g/mol. The Bertz CT molecular complexity index is 81.1. The van der Waals surface area contributed by atoms with E-state index in [9.17, 15) is 0 Å². The van der Waals surface area contributed by atoms with Crippen LogP contribution in [-0.2, 0) is 9.59 Å². The molecule has 0 aliphatic heterocycles. The summed E-state index contributed by atoms with van der Waals surface area (Å²) in [5.41, 5.74) is 0. The Morgan fingerprint density at radius 1 is 1.00 bits per heavy atom. The molecule has 0 saturated carbocycles. The summed E-state index contributed by atoms with van der Waals surface area (Å²) in [5.74, 6) is -1.67. The van der Waals surface area contributed by atoms with E-state index in [2.05, 4.69) is 0 Å². The molecule has 0 spiro atoms. The maximum Gasteiger partial charge on any atom is 1.00 e. The second-order valence-corrected chi connectivity index (χ2v) is 1.04. The zero-order chi connectivity index (χ0) is 7.15. The van der Waals surface area contributed by atoms with Gasteiger partial charge in [-0.2, -0.15) is 0 Å². The Morgan fingerprint density at radius 3 is 1.00 bits per heavy atom. The van der Waals surface area contributed by atoms with Crippen molar-refractivity contribution >= 4 is 11.9 Å². The van der Waals surface area contributed by atoms with Gasteiger partial charge in [-0.3, -0.25) is 9.59 Å². The first-order valence-electron chi connectivity index (χ1n) is 1.86. The third-order valence-corrected chi connectivity index (χ3v) is 0. The van der Waals surface area contributed by atoms with Gasteiger partial charge in [0.1, 0.15) is 0 Å². The quantitative estimate of drug-likeness (QED) is 0.382. The summed E-state index contributed by atoms with van der Waals surface area (Å²) in [5, 5.41) is 14.8. The van der Waals surface area contributed by atoms with Crippen molar-refractivity contribution in [1.82, 2.24) is 0 Å². The zero-order valence-electron chi connectivity index (χ0n) is 8.71. The molecule has 0 aliphatic carbocycles. The van der Waals surface area contributed by atoms with E-state index in [0.29, 0.717) is 0 Å². The maximum atomic E-state index is 9.00. The molecule has 10 heavy (non-hydrogen) atoms. The average Bonchev–Trinajstić information content (AvgIpc) is 1.25. The van der Waals surface area contributed by atoms with Crippen molar-refractivity contribution in [2.75, 3.05) is 0 Å². The van der Waals surface area contributed by atoms with Gasteiger partial charge in [-0.1, -0.05) is 0 Å². The van der Waals surface area contributed by atoms with Crippen molar-refractivity contribution in [3.8, 4) is 0 Å². The van der Waals surface area contributed by atoms with Crippen LogP contribution in [0.4, 0.5) is 0 Å². The van der Waals surface area contributed by atoms with E-state index in [-0.39, 0.29) is 106 Å². The molecule has 0 heterocycles. The van der Waals surface area contributed by atoms with Crippen molar-refractivity contribution in [1.29, 1.82) is 0 Å². The van der Waals surface area contributed by atoms with Gasteiger partial charge in [-0.25, -0.2) is 0 Å². The average molecular weight is 200 g/mol. The summed E-state index contributed by atoms with van der Waals surface area (Å²) in [6, 6.07) is 0. The number of carboxylic acid groups (broad SMARTS) is 2. The van der Waals surface area contributed by atoms with Crippen molar-refractivity contribution in [3.05, 3.63) is 0 Å². The Labute approximate surface area is 148 Å². The zero-order valence-corrected chi connectivity index (χ0v) is 13.0. The molecule has 0 aliphatic rings. The largest absolute Gasteiger partial charge is 1.00 e. The van der Waals surface area contributed by atoms with E-state index in [0.717, 1.165) is 13.8 Å². The summed E-state index contributed by atoms with van der Waals surface area (Å²) in [7, 11) is 0. The standard InChI is InChI=1S/2C2H4O2.2K.2H/c2*1-2(3)4;;;;/h2*1H3,(H,3,4);;;;/q;;2*+1;2*-1. The van der Waals surface area contributed by atoms with Gasteiger partial charge in [0, 0.05) is 13.8 Å². The molecule has 52 valence electrons. The predicted molar refractivity (Wildman–Crippen MR) is 28.8 cm³/mol. The first kappa shape index (κ1) is 22.8. The van der Waals surface area contributed by atoms with Crippen LogP contribution in [0.15, 0.2) is 0 Å². The number of aliphatic carboxylic acids is 2.